The zero-order valence-corrected chi connectivity index (χ0v) is 19.7. The number of aromatic nitrogens is 1. The number of carbonyl (C=O) groups excluding carboxylic acids is 2. The Balaban J connectivity index is 1.06. The minimum absolute atomic E-state index is 0.198. The fraction of sp³-hybridized carbons (Fsp3) is 0.519. The lowest BCUT2D eigenvalue weighted by atomic mass is 9.82. The number of aliphatic hydroxyl groups is 1. The molecule has 2 fully saturated rings. The zero-order chi connectivity index (χ0) is 23.5. The van der Waals surface area contributed by atoms with Crippen LogP contribution in [0.2, 0.25) is 0 Å². The maximum Gasteiger partial charge on any atom is 0.269 e. The normalized spacial score (nSPS) is 19.6. The van der Waals surface area contributed by atoms with E-state index >= 15 is 0 Å². The summed E-state index contributed by atoms with van der Waals surface area (Å²) in [6.45, 7) is 4.09. The summed E-state index contributed by atoms with van der Waals surface area (Å²) >= 11 is 0. The first-order chi connectivity index (χ1) is 16.5. The molecule has 1 aromatic heterocycles. The summed E-state index contributed by atoms with van der Waals surface area (Å²) in [5.41, 5.74) is 4.13. The van der Waals surface area contributed by atoms with E-state index in [1.807, 2.05) is 17.0 Å². The summed E-state index contributed by atoms with van der Waals surface area (Å²) in [6.07, 6.45) is 6.13. The molecule has 0 spiro atoms. The number of carbonyl (C=O) groups is 2. The van der Waals surface area contributed by atoms with Crippen molar-refractivity contribution in [3.63, 3.8) is 0 Å². The highest BCUT2D eigenvalue weighted by atomic mass is 16.3. The van der Waals surface area contributed by atoms with Crippen LogP contribution in [0.1, 0.15) is 46.4 Å². The first-order valence-electron chi connectivity index (χ1n) is 12.5. The molecule has 1 atom stereocenters. The largest absolute Gasteiger partial charge is 0.390 e. The number of fused-ring (bicyclic) bond motifs is 1. The van der Waals surface area contributed by atoms with Crippen LogP contribution in [-0.4, -0.2) is 70.5 Å². The van der Waals surface area contributed by atoms with Crippen LogP contribution in [0, 0.1) is 11.8 Å². The van der Waals surface area contributed by atoms with E-state index < -0.39 is 6.10 Å². The molecular formula is C27H34N4O3. The van der Waals surface area contributed by atoms with Crippen LogP contribution in [0.15, 0.2) is 42.6 Å². The number of nitrogens with one attached hydrogen (secondary N) is 1. The number of hydrogen-bond acceptors (Lipinski definition) is 5. The van der Waals surface area contributed by atoms with Gasteiger partial charge in [-0.05, 0) is 60.4 Å². The number of hydrogen-bond donors (Lipinski definition) is 2. The molecule has 34 heavy (non-hydrogen) atoms. The summed E-state index contributed by atoms with van der Waals surface area (Å²) in [5.74, 6) is 0.766. The highest BCUT2D eigenvalue weighted by Crippen LogP contribution is 2.31. The number of likely N-dealkylation sites (tertiary alicyclic amines) is 1. The highest BCUT2D eigenvalue weighted by Gasteiger charge is 2.36. The molecule has 0 unspecified atom stereocenters. The summed E-state index contributed by atoms with van der Waals surface area (Å²) in [4.78, 5) is 33.4. The van der Waals surface area contributed by atoms with Crippen LogP contribution in [0.4, 0.5) is 0 Å². The smallest absolute Gasteiger partial charge is 0.269 e. The fourth-order valence-corrected chi connectivity index (χ4v) is 5.22. The number of amides is 2. The van der Waals surface area contributed by atoms with E-state index in [2.05, 4.69) is 39.5 Å². The van der Waals surface area contributed by atoms with Crippen LogP contribution in [-0.2, 0) is 24.2 Å². The van der Waals surface area contributed by atoms with Gasteiger partial charge in [-0.2, -0.15) is 0 Å². The van der Waals surface area contributed by atoms with Crippen molar-refractivity contribution in [2.24, 2.45) is 11.8 Å². The third-order valence-corrected chi connectivity index (χ3v) is 7.48. The van der Waals surface area contributed by atoms with Gasteiger partial charge in [0.1, 0.15) is 5.69 Å². The Labute approximate surface area is 201 Å². The average Bonchev–Trinajstić information content (AvgIpc) is 2.78. The Morgan fingerprint density at radius 2 is 1.94 bits per heavy atom. The lowest BCUT2D eigenvalue weighted by Crippen LogP contribution is -2.53. The van der Waals surface area contributed by atoms with E-state index in [9.17, 15) is 14.7 Å². The predicted molar refractivity (Wildman–Crippen MR) is 129 cm³/mol. The zero-order valence-electron chi connectivity index (χ0n) is 19.7. The first-order valence-corrected chi connectivity index (χ1v) is 12.5. The third kappa shape index (κ3) is 5.31. The van der Waals surface area contributed by atoms with E-state index in [1.54, 1.807) is 6.20 Å². The van der Waals surface area contributed by atoms with Crippen molar-refractivity contribution >= 4 is 11.8 Å². The van der Waals surface area contributed by atoms with Gasteiger partial charge in [0.2, 0.25) is 5.91 Å². The van der Waals surface area contributed by atoms with E-state index in [0.29, 0.717) is 24.1 Å². The Morgan fingerprint density at radius 3 is 2.71 bits per heavy atom. The molecule has 3 heterocycles. The summed E-state index contributed by atoms with van der Waals surface area (Å²) in [5, 5.41) is 13.3. The lowest BCUT2D eigenvalue weighted by Gasteiger charge is -2.42. The quantitative estimate of drug-likeness (QED) is 0.627. The van der Waals surface area contributed by atoms with Crippen molar-refractivity contribution in [1.29, 1.82) is 0 Å². The van der Waals surface area contributed by atoms with Gasteiger partial charge < -0.3 is 15.3 Å². The van der Waals surface area contributed by atoms with E-state index in [1.165, 1.54) is 17.5 Å². The van der Waals surface area contributed by atoms with Gasteiger partial charge in [0, 0.05) is 51.4 Å². The number of rotatable bonds is 8. The topological polar surface area (TPSA) is 85.8 Å². The van der Waals surface area contributed by atoms with Crippen molar-refractivity contribution in [3.8, 4) is 0 Å². The molecule has 1 aliphatic carbocycles. The molecule has 2 N–H and O–H groups in total. The van der Waals surface area contributed by atoms with E-state index in [0.717, 1.165) is 57.4 Å². The molecule has 7 nitrogen and oxygen atoms in total. The Kier molecular flexibility index (Phi) is 6.92. The van der Waals surface area contributed by atoms with Crippen molar-refractivity contribution in [2.75, 3.05) is 32.7 Å². The van der Waals surface area contributed by atoms with Crippen LogP contribution in [0.3, 0.4) is 0 Å². The van der Waals surface area contributed by atoms with Crippen LogP contribution < -0.4 is 5.32 Å². The third-order valence-electron chi connectivity index (χ3n) is 7.48. The van der Waals surface area contributed by atoms with Gasteiger partial charge in [0.15, 0.2) is 0 Å². The van der Waals surface area contributed by atoms with Crippen molar-refractivity contribution in [1.82, 2.24) is 20.1 Å². The molecule has 2 aliphatic heterocycles. The van der Waals surface area contributed by atoms with Gasteiger partial charge in [-0.25, -0.2) is 0 Å². The monoisotopic (exact) mass is 462 g/mol. The maximum atomic E-state index is 12.6. The van der Waals surface area contributed by atoms with Crippen LogP contribution in [0.25, 0.3) is 0 Å². The minimum Gasteiger partial charge on any atom is -0.390 e. The van der Waals surface area contributed by atoms with Crippen molar-refractivity contribution in [3.05, 3.63) is 65.0 Å². The Hall–Kier alpha value is -2.77. The predicted octanol–water partition coefficient (Wildman–Crippen LogP) is 2.03. The van der Waals surface area contributed by atoms with Crippen LogP contribution >= 0.6 is 0 Å². The van der Waals surface area contributed by atoms with Crippen LogP contribution in [0.5, 0.6) is 0 Å². The van der Waals surface area contributed by atoms with Gasteiger partial charge in [-0.1, -0.05) is 30.7 Å². The number of β-amino-alcohol motifs (C(OH)–C–C–N with tert-alkyl or cyclic N) is 1. The summed E-state index contributed by atoms with van der Waals surface area (Å²) in [7, 11) is 0. The maximum absolute atomic E-state index is 12.6. The number of aliphatic hydroxyl groups excluding tert-OH is 1. The van der Waals surface area contributed by atoms with Gasteiger partial charge >= 0.3 is 0 Å². The molecule has 2 aromatic rings. The molecule has 2 amide bonds. The number of nitrogens with zero attached hydrogens (tertiary/aromatic N) is 3. The summed E-state index contributed by atoms with van der Waals surface area (Å²) < 4.78 is 0. The Bertz CT molecular complexity index is 1030. The van der Waals surface area contributed by atoms with E-state index in [4.69, 9.17) is 0 Å². The SMILES string of the molecule is O=C(NC[C@H](O)CN1CCc2ccccc2C1)c1cc(CC2CN(C(=O)C3CCC3)C2)ccn1. The standard InChI is InChI=1S/C27H34N4O3/c32-24(18-30-11-9-21-4-1-2-5-23(21)17-30)14-29-26(33)25-13-19(8-10-28-25)12-20-15-31(16-20)27(34)22-6-3-7-22/h1-2,4-5,8,10,13,20,22,24,32H,3,6-7,9,11-12,14-18H2,(H,29,33)/t24-/m0/s1. The second kappa shape index (κ2) is 10.2. The average molecular weight is 463 g/mol. The Morgan fingerprint density at radius 1 is 1.15 bits per heavy atom. The minimum atomic E-state index is -0.633. The van der Waals surface area contributed by atoms with Gasteiger partial charge in [0.05, 0.1) is 6.10 Å². The first kappa shape index (κ1) is 23.0. The second-order valence-corrected chi connectivity index (χ2v) is 10.1. The molecule has 180 valence electrons. The molecule has 0 bridgehead atoms. The molecule has 3 aliphatic rings. The molecule has 7 heteroatoms. The number of benzene rings is 1. The molecule has 1 saturated heterocycles. The van der Waals surface area contributed by atoms with Crippen molar-refractivity contribution in [2.45, 2.75) is 44.8 Å². The molecule has 0 radical (unpaired) electrons. The molecule has 5 rings (SSSR count). The summed E-state index contributed by atoms with van der Waals surface area (Å²) in [6, 6.07) is 12.2. The molecule has 1 aromatic carbocycles. The van der Waals surface area contributed by atoms with Gasteiger partial charge in [0.25, 0.3) is 5.91 Å². The molecular weight excluding hydrogens is 428 g/mol. The second-order valence-electron chi connectivity index (χ2n) is 10.1. The molecule has 1 saturated carbocycles. The fourth-order valence-electron chi connectivity index (χ4n) is 5.22. The van der Waals surface area contributed by atoms with Gasteiger partial charge in [-0.3, -0.25) is 19.5 Å². The highest BCUT2D eigenvalue weighted by molar-refractivity contribution is 5.92. The van der Waals surface area contributed by atoms with Gasteiger partial charge in [-0.15, -0.1) is 0 Å². The lowest BCUT2D eigenvalue weighted by molar-refractivity contribution is -0.144. The number of pyridine rings is 1. The van der Waals surface area contributed by atoms with E-state index in [-0.39, 0.29) is 18.4 Å². The van der Waals surface area contributed by atoms with Crippen molar-refractivity contribution < 1.29 is 14.7 Å².